The lowest BCUT2D eigenvalue weighted by molar-refractivity contribution is -0.143. The van der Waals surface area contributed by atoms with E-state index in [4.69, 9.17) is 4.74 Å². The molecule has 0 bridgehead atoms. The predicted octanol–water partition coefficient (Wildman–Crippen LogP) is 2.40. The van der Waals surface area contributed by atoms with E-state index in [1.54, 1.807) is 0 Å². The van der Waals surface area contributed by atoms with E-state index < -0.39 is 11.9 Å². The highest BCUT2D eigenvalue weighted by molar-refractivity contribution is 5.71. The van der Waals surface area contributed by atoms with Gasteiger partial charge in [-0.25, -0.2) is 0 Å². The third kappa shape index (κ3) is 2.86. The molecule has 1 aromatic rings. The molecule has 1 aromatic carbocycles. The van der Waals surface area contributed by atoms with E-state index in [0.29, 0.717) is 13.2 Å². The number of rotatable bonds is 4. The van der Waals surface area contributed by atoms with Crippen LogP contribution in [0, 0.1) is 19.8 Å². The fraction of sp³-hybridized carbons (Fsp3) is 0.562. The summed E-state index contributed by atoms with van der Waals surface area (Å²) in [4.78, 5) is 13.4. The Balaban J connectivity index is 2.19. The van der Waals surface area contributed by atoms with Gasteiger partial charge >= 0.3 is 5.97 Å². The number of carbonyl (C=O) groups is 1. The van der Waals surface area contributed by atoms with Gasteiger partial charge in [-0.15, -0.1) is 0 Å². The van der Waals surface area contributed by atoms with E-state index >= 15 is 0 Å². The van der Waals surface area contributed by atoms with Crippen LogP contribution in [0.2, 0.25) is 0 Å². The van der Waals surface area contributed by atoms with Gasteiger partial charge in [-0.3, -0.25) is 9.69 Å². The van der Waals surface area contributed by atoms with Crippen LogP contribution in [-0.4, -0.2) is 42.3 Å². The van der Waals surface area contributed by atoms with E-state index in [1.165, 1.54) is 16.7 Å². The lowest BCUT2D eigenvalue weighted by Gasteiger charge is -2.33. The van der Waals surface area contributed by atoms with Gasteiger partial charge in [0.2, 0.25) is 0 Å². The second kappa shape index (κ2) is 5.94. The molecule has 0 amide bonds. The number of carboxylic acids is 1. The van der Waals surface area contributed by atoms with E-state index in [1.807, 2.05) is 7.05 Å². The van der Waals surface area contributed by atoms with Gasteiger partial charge in [0.05, 0.1) is 19.1 Å². The van der Waals surface area contributed by atoms with E-state index in [2.05, 4.69) is 43.9 Å². The molecule has 0 aromatic heterocycles. The maximum Gasteiger partial charge on any atom is 0.310 e. The highest BCUT2D eigenvalue weighted by Gasteiger charge is 2.38. The van der Waals surface area contributed by atoms with Gasteiger partial charge in [-0.1, -0.05) is 23.8 Å². The van der Waals surface area contributed by atoms with E-state index in [0.717, 1.165) is 0 Å². The molecule has 0 saturated carbocycles. The summed E-state index contributed by atoms with van der Waals surface area (Å²) in [5, 5.41) is 9.27. The fourth-order valence-corrected chi connectivity index (χ4v) is 2.98. The summed E-state index contributed by atoms with van der Waals surface area (Å²) in [6.07, 6.45) is 0. The number of carboxylic acid groups (broad SMARTS) is 1. The summed E-state index contributed by atoms with van der Waals surface area (Å²) < 4.78 is 5.37. The van der Waals surface area contributed by atoms with Crippen LogP contribution < -0.4 is 0 Å². The largest absolute Gasteiger partial charge is 0.481 e. The lowest BCUT2D eigenvalue weighted by atomic mass is 9.96. The van der Waals surface area contributed by atoms with Crippen LogP contribution in [-0.2, 0) is 9.53 Å². The minimum Gasteiger partial charge on any atom is -0.481 e. The molecule has 0 radical (unpaired) electrons. The summed E-state index contributed by atoms with van der Waals surface area (Å²) >= 11 is 0. The molecule has 1 aliphatic rings. The quantitative estimate of drug-likeness (QED) is 0.918. The molecule has 110 valence electrons. The van der Waals surface area contributed by atoms with Crippen LogP contribution in [0.25, 0.3) is 0 Å². The Kier molecular flexibility index (Phi) is 4.45. The molecule has 1 N–H and O–H groups in total. The van der Waals surface area contributed by atoms with Crippen LogP contribution in [0.4, 0.5) is 0 Å². The predicted molar refractivity (Wildman–Crippen MR) is 77.8 cm³/mol. The molecule has 1 heterocycles. The third-order valence-electron chi connectivity index (χ3n) is 4.38. The van der Waals surface area contributed by atoms with Crippen LogP contribution in [0.5, 0.6) is 0 Å². The van der Waals surface area contributed by atoms with Crippen LogP contribution in [0.1, 0.15) is 29.7 Å². The Bertz CT molecular complexity index is 500. The smallest absolute Gasteiger partial charge is 0.310 e. The van der Waals surface area contributed by atoms with Gasteiger partial charge in [-0.05, 0) is 38.9 Å². The zero-order chi connectivity index (χ0) is 14.9. The molecule has 4 heteroatoms. The lowest BCUT2D eigenvalue weighted by Crippen LogP contribution is -2.42. The second-order valence-electron chi connectivity index (χ2n) is 5.75. The number of benzene rings is 1. The molecule has 2 rings (SSSR count). The van der Waals surface area contributed by atoms with Crippen molar-refractivity contribution in [3.8, 4) is 0 Å². The van der Waals surface area contributed by atoms with Crippen molar-refractivity contribution in [3.63, 3.8) is 0 Å². The van der Waals surface area contributed by atoms with Crippen molar-refractivity contribution in [2.45, 2.75) is 32.9 Å². The van der Waals surface area contributed by atoms with Gasteiger partial charge < -0.3 is 9.84 Å². The molecule has 4 nitrogen and oxygen atoms in total. The SMILES string of the molecule is Cc1ccc(C(C)N(C)C2COCC2C(=O)O)c(C)c1. The van der Waals surface area contributed by atoms with Gasteiger partial charge in [-0.2, -0.15) is 0 Å². The van der Waals surface area contributed by atoms with Gasteiger partial charge in [0.1, 0.15) is 0 Å². The standard InChI is InChI=1S/C16H23NO3/c1-10-5-6-13(11(2)7-10)12(3)17(4)15-9-20-8-14(15)16(18)19/h5-7,12,14-15H,8-9H2,1-4H3,(H,18,19). The number of hydrogen-bond donors (Lipinski definition) is 1. The first-order chi connectivity index (χ1) is 9.41. The molecule has 1 aliphatic heterocycles. The molecule has 0 aliphatic carbocycles. The molecule has 1 saturated heterocycles. The summed E-state index contributed by atoms with van der Waals surface area (Å²) in [5.74, 6) is -1.21. The maximum atomic E-state index is 11.3. The number of aliphatic carboxylic acids is 1. The molecular weight excluding hydrogens is 254 g/mol. The minimum absolute atomic E-state index is 0.0665. The van der Waals surface area contributed by atoms with Gasteiger partial charge in [0.15, 0.2) is 0 Å². The fourth-order valence-electron chi connectivity index (χ4n) is 2.98. The zero-order valence-electron chi connectivity index (χ0n) is 12.6. The first-order valence-electron chi connectivity index (χ1n) is 7.01. The molecular formula is C16H23NO3. The van der Waals surface area contributed by atoms with Crippen molar-refractivity contribution in [2.24, 2.45) is 5.92 Å². The number of aryl methyl sites for hydroxylation is 2. The first-order valence-corrected chi connectivity index (χ1v) is 7.01. The van der Waals surface area contributed by atoms with Crippen LogP contribution in [0.15, 0.2) is 18.2 Å². The van der Waals surface area contributed by atoms with Crippen molar-refractivity contribution in [1.29, 1.82) is 0 Å². The summed E-state index contributed by atoms with van der Waals surface area (Å²) in [7, 11) is 1.99. The summed E-state index contributed by atoms with van der Waals surface area (Å²) in [5.41, 5.74) is 3.73. The minimum atomic E-state index is -0.771. The Morgan fingerprint density at radius 2 is 2.10 bits per heavy atom. The Hall–Kier alpha value is -1.39. The Morgan fingerprint density at radius 1 is 1.40 bits per heavy atom. The highest BCUT2D eigenvalue weighted by Crippen LogP contribution is 2.29. The number of likely N-dealkylation sites (N-methyl/N-ethyl adjacent to an activating group) is 1. The zero-order valence-corrected chi connectivity index (χ0v) is 12.6. The molecule has 3 atom stereocenters. The second-order valence-corrected chi connectivity index (χ2v) is 5.75. The number of hydrogen-bond acceptors (Lipinski definition) is 3. The summed E-state index contributed by atoms with van der Waals surface area (Å²) in [6.45, 7) is 7.10. The average molecular weight is 277 g/mol. The van der Waals surface area contributed by atoms with Gasteiger partial charge in [0.25, 0.3) is 0 Å². The molecule has 1 fully saturated rings. The van der Waals surface area contributed by atoms with Crippen molar-refractivity contribution in [1.82, 2.24) is 4.90 Å². The molecule has 0 spiro atoms. The normalized spacial score (nSPS) is 24.1. The topological polar surface area (TPSA) is 49.8 Å². The van der Waals surface area contributed by atoms with Crippen molar-refractivity contribution in [2.75, 3.05) is 20.3 Å². The molecule has 3 unspecified atom stereocenters. The first kappa shape index (κ1) is 15.0. The van der Waals surface area contributed by atoms with E-state index in [-0.39, 0.29) is 12.1 Å². The monoisotopic (exact) mass is 277 g/mol. The average Bonchev–Trinajstić information content (AvgIpc) is 2.86. The van der Waals surface area contributed by atoms with Crippen molar-refractivity contribution < 1.29 is 14.6 Å². The van der Waals surface area contributed by atoms with Crippen LogP contribution >= 0.6 is 0 Å². The summed E-state index contributed by atoms with van der Waals surface area (Å²) in [6, 6.07) is 6.51. The Labute approximate surface area is 120 Å². The van der Waals surface area contributed by atoms with Crippen LogP contribution in [0.3, 0.4) is 0 Å². The molecule has 20 heavy (non-hydrogen) atoms. The van der Waals surface area contributed by atoms with Crippen molar-refractivity contribution in [3.05, 3.63) is 34.9 Å². The highest BCUT2D eigenvalue weighted by atomic mass is 16.5. The third-order valence-corrected chi connectivity index (χ3v) is 4.38. The number of nitrogens with zero attached hydrogens (tertiary/aromatic N) is 1. The van der Waals surface area contributed by atoms with Crippen molar-refractivity contribution >= 4 is 5.97 Å². The van der Waals surface area contributed by atoms with Gasteiger partial charge in [0, 0.05) is 12.1 Å². The number of ether oxygens (including phenoxy) is 1. The van der Waals surface area contributed by atoms with E-state index in [9.17, 15) is 9.90 Å². The Morgan fingerprint density at radius 3 is 2.70 bits per heavy atom. The maximum absolute atomic E-state index is 11.3.